The van der Waals surface area contributed by atoms with Crippen LogP contribution < -0.4 is 10.1 Å². The third-order valence-corrected chi connectivity index (χ3v) is 4.07. The van der Waals surface area contributed by atoms with Gasteiger partial charge in [-0.05, 0) is 42.3 Å². The van der Waals surface area contributed by atoms with Gasteiger partial charge in [-0.1, -0.05) is 24.3 Å². The highest BCUT2D eigenvalue weighted by Gasteiger charge is 2.11. The number of amides is 1. The molecule has 0 fully saturated rings. The molecule has 0 radical (unpaired) electrons. The molecule has 2 aromatic carbocycles. The standard InChI is InChI=1S/C20H21N3O2/c1-15(17-6-8-18(9-7-17)23-11-10-21-14-23)22-20(24)13-16-4-3-5-19(12-16)25-2/h3-12,14-15H,13H2,1-2H3,(H,22,24)/t15-/m0/s1. The van der Waals surface area contributed by atoms with Crippen LogP contribution in [0.2, 0.25) is 0 Å². The topological polar surface area (TPSA) is 56.1 Å². The smallest absolute Gasteiger partial charge is 0.224 e. The van der Waals surface area contributed by atoms with Crippen molar-refractivity contribution in [1.82, 2.24) is 14.9 Å². The first kappa shape index (κ1) is 16.8. The van der Waals surface area contributed by atoms with Gasteiger partial charge in [0.1, 0.15) is 5.75 Å². The zero-order valence-corrected chi connectivity index (χ0v) is 14.3. The lowest BCUT2D eigenvalue weighted by molar-refractivity contribution is -0.121. The number of nitrogens with zero attached hydrogens (tertiary/aromatic N) is 2. The molecule has 5 nitrogen and oxygen atoms in total. The first-order chi connectivity index (χ1) is 12.2. The van der Waals surface area contributed by atoms with Crippen LogP contribution in [-0.2, 0) is 11.2 Å². The number of benzene rings is 2. The number of aromatic nitrogens is 2. The Bertz CT molecular complexity index is 826. The second-order valence-electron chi connectivity index (χ2n) is 5.88. The minimum absolute atomic E-state index is 0.0144. The Balaban J connectivity index is 1.61. The second-order valence-corrected chi connectivity index (χ2v) is 5.88. The number of nitrogens with one attached hydrogen (secondary N) is 1. The van der Waals surface area contributed by atoms with Crippen molar-refractivity contribution in [3.63, 3.8) is 0 Å². The van der Waals surface area contributed by atoms with Crippen molar-refractivity contribution in [1.29, 1.82) is 0 Å². The minimum Gasteiger partial charge on any atom is -0.497 e. The zero-order chi connectivity index (χ0) is 17.6. The summed E-state index contributed by atoms with van der Waals surface area (Å²) in [6.07, 6.45) is 5.73. The molecule has 1 N–H and O–H groups in total. The van der Waals surface area contributed by atoms with E-state index < -0.39 is 0 Å². The Hall–Kier alpha value is -3.08. The number of ether oxygens (including phenoxy) is 1. The van der Waals surface area contributed by atoms with Gasteiger partial charge in [0.15, 0.2) is 0 Å². The molecular formula is C20H21N3O2. The van der Waals surface area contributed by atoms with Crippen LogP contribution in [0.25, 0.3) is 5.69 Å². The molecule has 0 aliphatic heterocycles. The highest BCUT2D eigenvalue weighted by Crippen LogP contribution is 2.17. The summed E-state index contributed by atoms with van der Waals surface area (Å²) < 4.78 is 7.13. The van der Waals surface area contributed by atoms with E-state index in [2.05, 4.69) is 10.3 Å². The molecule has 128 valence electrons. The van der Waals surface area contributed by atoms with Crippen molar-refractivity contribution < 1.29 is 9.53 Å². The summed E-state index contributed by atoms with van der Waals surface area (Å²) in [6, 6.07) is 15.6. The molecule has 0 saturated heterocycles. The fourth-order valence-corrected chi connectivity index (χ4v) is 2.69. The molecule has 0 bridgehead atoms. The van der Waals surface area contributed by atoms with Crippen LogP contribution in [0.4, 0.5) is 0 Å². The summed E-state index contributed by atoms with van der Waals surface area (Å²) in [5.41, 5.74) is 3.03. The summed E-state index contributed by atoms with van der Waals surface area (Å²) in [6.45, 7) is 1.98. The van der Waals surface area contributed by atoms with Crippen LogP contribution in [0.15, 0.2) is 67.3 Å². The van der Waals surface area contributed by atoms with Crippen molar-refractivity contribution in [2.24, 2.45) is 0 Å². The molecule has 1 aromatic heterocycles. The molecular weight excluding hydrogens is 314 g/mol. The summed E-state index contributed by atoms with van der Waals surface area (Å²) in [7, 11) is 1.62. The molecule has 1 atom stereocenters. The van der Waals surface area contributed by atoms with Crippen LogP contribution in [0.3, 0.4) is 0 Å². The first-order valence-electron chi connectivity index (χ1n) is 8.16. The molecule has 3 aromatic rings. The molecule has 0 aliphatic rings. The number of rotatable bonds is 6. The maximum absolute atomic E-state index is 12.3. The maximum atomic E-state index is 12.3. The zero-order valence-electron chi connectivity index (χ0n) is 14.3. The fraction of sp³-hybridized carbons (Fsp3) is 0.200. The van der Waals surface area contributed by atoms with E-state index in [1.807, 2.05) is 66.2 Å². The van der Waals surface area contributed by atoms with Crippen molar-refractivity contribution in [3.8, 4) is 11.4 Å². The lowest BCUT2D eigenvalue weighted by Crippen LogP contribution is -2.28. The average molecular weight is 335 g/mol. The van der Waals surface area contributed by atoms with Gasteiger partial charge in [-0.25, -0.2) is 4.98 Å². The second kappa shape index (κ2) is 7.66. The molecule has 0 spiro atoms. The third kappa shape index (κ3) is 4.26. The quantitative estimate of drug-likeness (QED) is 0.752. The average Bonchev–Trinajstić information content (AvgIpc) is 3.16. The van der Waals surface area contributed by atoms with Gasteiger partial charge >= 0.3 is 0 Å². The van der Waals surface area contributed by atoms with Gasteiger partial charge in [-0.3, -0.25) is 4.79 Å². The predicted molar refractivity (Wildman–Crippen MR) is 96.8 cm³/mol. The SMILES string of the molecule is COc1cccc(CC(=O)N[C@@H](C)c2ccc(-n3ccnc3)cc2)c1. The molecule has 3 rings (SSSR count). The molecule has 0 aliphatic carbocycles. The van der Waals surface area contributed by atoms with Crippen LogP contribution >= 0.6 is 0 Å². The van der Waals surface area contributed by atoms with E-state index in [0.717, 1.165) is 22.6 Å². The maximum Gasteiger partial charge on any atom is 0.224 e. The van der Waals surface area contributed by atoms with E-state index in [4.69, 9.17) is 4.74 Å². The van der Waals surface area contributed by atoms with Gasteiger partial charge in [-0.15, -0.1) is 0 Å². The number of methoxy groups -OCH3 is 1. The lowest BCUT2D eigenvalue weighted by Gasteiger charge is -2.15. The summed E-state index contributed by atoms with van der Waals surface area (Å²) in [4.78, 5) is 16.3. The molecule has 5 heteroatoms. The van der Waals surface area contributed by atoms with Gasteiger partial charge in [-0.2, -0.15) is 0 Å². The Kier molecular flexibility index (Phi) is 5.14. The van der Waals surface area contributed by atoms with Gasteiger partial charge < -0.3 is 14.6 Å². The van der Waals surface area contributed by atoms with E-state index in [0.29, 0.717) is 6.42 Å². The van der Waals surface area contributed by atoms with Crippen molar-refractivity contribution >= 4 is 5.91 Å². The van der Waals surface area contributed by atoms with E-state index >= 15 is 0 Å². The number of carbonyl (C=O) groups excluding carboxylic acids is 1. The van der Waals surface area contributed by atoms with Crippen molar-refractivity contribution in [3.05, 3.63) is 78.4 Å². The molecule has 0 unspecified atom stereocenters. The first-order valence-corrected chi connectivity index (χ1v) is 8.16. The Morgan fingerprint density at radius 2 is 2.04 bits per heavy atom. The lowest BCUT2D eigenvalue weighted by atomic mass is 10.1. The van der Waals surface area contributed by atoms with Crippen molar-refractivity contribution in [2.45, 2.75) is 19.4 Å². The number of hydrogen-bond acceptors (Lipinski definition) is 3. The van der Waals surface area contributed by atoms with E-state index in [1.54, 1.807) is 19.6 Å². The van der Waals surface area contributed by atoms with Gasteiger partial charge in [0, 0.05) is 18.1 Å². The molecule has 25 heavy (non-hydrogen) atoms. The largest absolute Gasteiger partial charge is 0.497 e. The highest BCUT2D eigenvalue weighted by molar-refractivity contribution is 5.79. The Morgan fingerprint density at radius 3 is 2.72 bits per heavy atom. The number of hydrogen-bond donors (Lipinski definition) is 1. The highest BCUT2D eigenvalue weighted by atomic mass is 16.5. The van der Waals surface area contributed by atoms with E-state index in [1.165, 1.54) is 0 Å². The molecule has 0 saturated carbocycles. The van der Waals surface area contributed by atoms with Crippen LogP contribution in [-0.4, -0.2) is 22.6 Å². The van der Waals surface area contributed by atoms with Gasteiger partial charge in [0.25, 0.3) is 0 Å². The van der Waals surface area contributed by atoms with Crippen LogP contribution in [0.5, 0.6) is 5.75 Å². The van der Waals surface area contributed by atoms with Crippen molar-refractivity contribution in [2.75, 3.05) is 7.11 Å². The number of carbonyl (C=O) groups is 1. The molecule has 1 amide bonds. The van der Waals surface area contributed by atoms with Gasteiger partial charge in [0.2, 0.25) is 5.91 Å². The minimum atomic E-state index is -0.0602. The third-order valence-electron chi connectivity index (χ3n) is 4.07. The monoisotopic (exact) mass is 335 g/mol. The van der Waals surface area contributed by atoms with E-state index in [9.17, 15) is 4.79 Å². The Labute approximate surface area is 147 Å². The fourth-order valence-electron chi connectivity index (χ4n) is 2.69. The van der Waals surface area contributed by atoms with Gasteiger partial charge in [0.05, 0.1) is 25.9 Å². The van der Waals surface area contributed by atoms with Crippen LogP contribution in [0.1, 0.15) is 24.1 Å². The Morgan fingerprint density at radius 1 is 1.24 bits per heavy atom. The predicted octanol–water partition coefficient (Wildman–Crippen LogP) is 3.30. The normalized spacial score (nSPS) is 11.8. The summed E-state index contributed by atoms with van der Waals surface area (Å²) >= 11 is 0. The number of imidazole rings is 1. The van der Waals surface area contributed by atoms with Crippen LogP contribution in [0, 0.1) is 0 Å². The summed E-state index contributed by atoms with van der Waals surface area (Å²) in [5, 5.41) is 3.04. The van der Waals surface area contributed by atoms with E-state index in [-0.39, 0.29) is 11.9 Å². The summed E-state index contributed by atoms with van der Waals surface area (Å²) in [5.74, 6) is 0.743. The molecule has 1 heterocycles.